The first-order valence-electron chi connectivity index (χ1n) is 8.29. The Labute approximate surface area is 135 Å². The summed E-state index contributed by atoms with van der Waals surface area (Å²) >= 11 is 0. The van der Waals surface area contributed by atoms with Gasteiger partial charge in [0.05, 0.1) is 19.0 Å². The van der Waals surface area contributed by atoms with Crippen molar-refractivity contribution in [2.45, 2.75) is 45.2 Å². The van der Waals surface area contributed by atoms with Crippen LogP contribution in [0.3, 0.4) is 0 Å². The van der Waals surface area contributed by atoms with Crippen molar-refractivity contribution in [2.75, 3.05) is 19.6 Å². The molecule has 1 aromatic heterocycles. The van der Waals surface area contributed by atoms with Crippen LogP contribution in [0.2, 0.25) is 0 Å². The van der Waals surface area contributed by atoms with Crippen LogP contribution in [0.1, 0.15) is 36.8 Å². The quantitative estimate of drug-likeness (QED) is 0.785. The molecule has 0 saturated carbocycles. The fraction of sp³-hybridized carbons (Fsp3) is 0.625. The van der Waals surface area contributed by atoms with Gasteiger partial charge in [-0.25, -0.2) is 9.97 Å². The van der Waals surface area contributed by atoms with Crippen LogP contribution in [-0.2, 0) is 29.0 Å². The van der Waals surface area contributed by atoms with Crippen molar-refractivity contribution < 1.29 is 9.59 Å². The van der Waals surface area contributed by atoms with Gasteiger partial charge in [0, 0.05) is 25.0 Å². The van der Waals surface area contributed by atoms with Gasteiger partial charge in [0.1, 0.15) is 5.82 Å². The predicted octanol–water partition coefficient (Wildman–Crippen LogP) is -0.208. The number of carbonyl (C=O) groups is 2. The molecule has 23 heavy (non-hydrogen) atoms. The average Bonchev–Trinajstić information content (AvgIpc) is 3.02. The first-order chi connectivity index (χ1) is 11.2. The van der Waals surface area contributed by atoms with Crippen LogP contribution >= 0.6 is 0 Å². The van der Waals surface area contributed by atoms with Crippen LogP contribution in [0, 0.1) is 0 Å². The number of nitrogens with one attached hydrogen (secondary N) is 2. The van der Waals surface area contributed by atoms with Crippen LogP contribution in [0.15, 0.2) is 6.20 Å². The summed E-state index contributed by atoms with van der Waals surface area (Å²) in [6.45, 7) is 4.51. The summed E-state index contributed by atoms with van der Waals surface area (Å²) in [4.78, 5) is 34.9. The largest absolute Gasteiger partial charge is 0.353 e. The summed E-state index contributed by atoms with van der Waals surface area (Å²) in [6.07, 6.45) is 5.20. The minimum atomic E-state index is -0.380. The summed E-state index contributed by atoms with van der Waals surface area (Å²) in [5.74, 6) is 0.427. The molecule has 0 radical (unpaired) electrons. The molecule has 3 rings (SSSR count). The van der Waals surface area contributed by atoms with E-state index in [0.717, 1.165) is 38.0 Å². The number of fused-ring (bicyclic) bond motifs is 1. The standard InChI is InChI=1S/C16H23N5O2/c1-2-21-7-6-17-16(23)13(21)8-15(22)19-10-14-18-9-11-4-3-5-12(11)20-14/h9,13H,2-8,10H2,1H3,(H,17,23)(H,19,22)/t13-/m0/s1. The lowest BCUT2D eigenvalue weighted by Crippen LogP contribution is -2.56. The van der Waals surface area contributed by atoms with E-state index in [-0.39, 0.29) is 24.3 Å². The molecule has 1 aromatic rings. The van der Waals surface area contributed by atoms with Crippen molar-refractivity contribution in [1.82, 2.24) is 25.5 Å². The smallest absolute Gasteiger partial charge is 0.237 e. The molecule has 0 bridgehead atoms. The van der Waals surface area contributed by atoms with E-state index in [1.165, 1.54) is 5.56 Å². The number of hydrogen-bond acceptors (Lipinski definition) is 5. The predicted molar refractivity (Wildman–Crippen MR) is 84.6 cm³/mol. The zero-order valence-corrected chi connectivity index (χ0v) is 13.5. The number of likely N-dealkylation sites (N-methyl/N-ethyl adjacent to an activating group) is 1. The molecular formula is C16H23N5O2. The molecule has 1 saturated heterocycles. The molecule has 2 N–H and O–H groups in total. The SMILES string of the molecule is CCN1CCNC(=O)[C@@H]1CC(=O)NCc1ncc2c(n1)CCC2. The molecular weight excluding hydrogens is 294 g/mol. The van der Waals surface area contributed by atoms with Crippen molar-refractivity contribution in [1.29, 1.82) is 0 Å². The second-order valence-corrected chi connectivity index (χ2v) is 6.03. The lowest BCUT2D eigenvalue weighted by molar-refractivity contribution is -0.133. The Hall–Kier alpha value is -2.02. The molecule has 1 aliphatic heterocycles. The first-order valence-corrected chi connectivity index (χ1v) is 8.29. The molecule has 1 atom stereocenters. The molecule has 7 nitrogen and oxygen atoms in total. The van der Waals surface area contributed by atoms with Gasteiger partial charge < -0.3 is 10.6 Å². The summed E-state index contributed by atoms with van der Waals surface area (Å²) in [7, 11) is 0. The Morgan fingerprint density at radius 2 is 2.35 bits per heavy atom. The minimum Gasteiger partial charge on any atom is -0.353 e. The zero-order valence-electron chi connectivity index (χ0n) is 13.5. The molecule has 0 unspecified atom stereocenters. The fourth-order valence-corrected chi connectivity index (χ4v) is 3.23. The highest BCUT2D eigenvalue weighted by atomic mass is 16.2. The van der Waals surface area contributed by atoms with Crippen molar-refractivity contribution in [2.24, 2.45) is 0 Å². The van der Waals surface area contributed by atoms with Crippen LogP contribution in [-0.4, -0.2) is 52.4 Å². The van der Waals surface area contributed by atoms with E-state index in [1.54, 1.807) is 0 Å². The van der Waals surface area contributed by atoms with Crippen LogP contribution in [0.5, 0.6) is 0 Å². The number of nitrogens with zero attached hydrogens (tertiary/aromatic N) is 3. The van der Waals surface area contributed by atoms with Gasteiger partial charge in [0.2, 0.25) is 11.8 Å². The first kappa shape index (κ1) is 15.9. The zero-order chi connectivity index (χ0) is 16.2. The lowest BCUT2D eigenvalue weighted by atomic mass is 10.1. The Kier molecular flexibility index (Phi) is 4.85. The number of piperazine rings is 1. The van der Waals surface area contributed by atoms with Crippen LogP contribution in [0.25, 0.3) is 0 Å². The summed E-state index contributed by atoms with van der Waals surface area (Å²) in [6, 6.07) is -0.380. The van der Waals surface area contributed by atoms with Gasteiger partial charge in [-0.3, -0.25) is 14.5 Å². The minimum absolute atomic E-state index is 0.0676. The van der Waals surface area contributed by atoms with Crippen LogP contribution < -0.4 is 10.6 Å². The number of hydrogen-bond donors (Lipinski definition) is 2. The van der Waals surface area contributed by atoms with Crippen molar-refractivity contribution in [3.63, 3.8) is 0 Å². The third-order valence-electron chi connectivity index (χ3n) is 4.53. The van der Waals surface area contributed by atoms with E-state index in [0.29, 0.717) is 18.9 Å². The average molecular weight is 317 g/mol. The topological polar surface area (TPSA) is 87.2 Å². The lowest BCUT2D eigenvalue weighted by Gasteiger charge is -2.33. The van der Waals surface area contributed by atoms with Gasteiger partial charge in [-0.05, 0) is 31.4 Å². The van der Waals surface area contributed by atoms with Gasteiger partial charge in [0.25, 0.3) is 0 Å². The second-order valence-electron chi connectivity index (χ2n) is 6.03. The third-order valence-corrected chi connectivity index (χ3v) is 4.53. The summed E-state index contributed by atoms with van der Waals surface area (Å²) in [5, 5.41) is 5.65. The maximum atomic E-state index is 12.2. The van der Waals surface area contributed by atoms with Gasteiger partial charge >= 0.3 is 0 Å². The highest BCUT2D eigenvalue weighted by Crippen LogP contribution is 2.18. The number of rotatable bonds is 5. The fourth-order valence-electron chi connectivity index (χ4n) is 3.23. The summed E-state index contributed by atoms with van der Waals surface area (Å²) in [5.41, 5.74) is 2.32. The molecule has 1 fully saturated rings. The highest BCUT2D eigenvalue weighted by molar-refractivity contribution is 5.88. The Bertz CT molecular complexity index is 604. The van der Waals surface area contributed by atoms with E-state index in [9.17, 15) is 9.59 Å². The van der Waals surface area contributed by atoms with E-state index in [4.69, 9.17) is 0 Å². The normalized spacial score (nSPS) is 20.9. The van der Waals surface area contributed by atoms with Gasteiger partial charge in [-0.1, -0.05) is 6.92 Å². The molecule has 2 aliphatic rings. The van der Waals surface area contributed by atoms with E-state index in [1.807, 2.05) is 18.0 Å². The number of aromatic nitrogens is 2. The maximum Gasteiger partial charge on any atom is 0.237 e. The molecule has 2 heterocycles. The monoisotopic (exact) mass is 317 g/mol. The second kappa shape index (κ2) is 7.04. The molecule has 124 valence electrons. The van der Waals surface area contributed by atoms with Crippen molar-refractivity contribution >= 4 is 11.8 Å². The van der Waals surface area contributed by atoms with E-state index in [2.05, 4.69) is 20.6 Å². The molecule has 0 aromatic carbocycles. The van der Waals surface area contributed by atoms with Gasteiger partial charge in [-0.2, -0.15) is 0 Å². The Balaban J connectivity index is 1.54. The number of aryl methyl sites for hydroxylation is 2. The molecule has 7 heteroatoms. The maximum absolute atomic E-state index is 12.2. The molecule has 2 amide bonds. The Morgan fingerprint density at radius 1 is 1.48 bits per heavy atom. The van der Waals surface area contributed by atoms with Gasteiger partial charge in [0.15, 0.2) is 0 Å². The van der Waals surface area contributed by atoms with Crippen molar-refractivity contribution in [3.05, 3.63) is 23.3 Å². The van der Waals surface area contributed by atoms with E-state index >= 15 is 0 Å². The third kappa shape index (κ3) is 3.67. The summed E-state index contributed by atoms with van der Waals surface area (Å²) < 4.78 is 0. The Morgan fingerprint density at radius 3 is 3.17 bits per heavy atom. The number of amides is 2. The van der Waals surface area contributed by atoms with Gasteiger partial charge in [-0.15, -0.1) is 0 Å². The van der Waals surface area contributed by atoms with E-state index < -0.39 is 0 Å². The van der Waals surface area contributed by atoms with Crippen LogP contribution in [0.4, 0.5) is 0 Å². The number of carbonyl (C=O) groups excluding carboxylic acids is 2. The molecule has 1 aliphatic carbocycles. The van der Waals surface area contributed by atoms with Crippen molar-refractivity contribution in [3.8, 4) is 0 Å². The molecule has 0 spiro atoms. The highest BCUT2D eigenvalue weighted by Gasteiger charge is 2.30.